The third-order valence-electron chi connectivity index (χ3n) is 10.1. The molecule has 0 radical (unpaired) electrons. The quantitative estimate of drug-likeness (QED) is 0.0992. The minimum absolute atomic E-state index is 0.0377. The Labute approximate surface area is 348 Å². The van der Waals surface area contributed by atoms with E-state index in [4.69, 9.17) is 33.2 Å². The lowest BCUT2D eigenvalue weighted by Gasteiger charge is -2.39. The number of amides is 2. The molecule has 4 aromatic rings. The highest BCUT2D eigenvalue weighted by Crippen LogP contribution is 2.42. The number of hydrogen-bond acceptors (Lipinski definition) is 12. The summed E-state index contributed by atoms with van der Waals surface area (Å²) in [5, 5.41) is 2.80. The number of alkyl carbamates (subject to hydrolysis) is 1. The van der Waals surface area contributed by atoms with Gasteiger partial charge in [-0.05, 0) is 106 Å². The Kier molecular flexibility index (Phi) is 15.6. The van der Waals surface area contributed by atoms with Gasteiger partial charge in [0.05, 0.1) is 48.4 Å². The van der Waals surface area contributed by atoms with Crippen LogP contribution in [-0.2, 0) is 22.6 Å². The molecule has 318 valence electrons. The highest BCUT2D eigenvalue weighted by Gasteiger charge is 2.29. The molecule has 0 atom stereocenters. The first kappa shape index (κ1) is 44.3. The van der Waals surface area contributed by atoms with Crippen LogP contribution in [0.4, 0.5) is 4.79 Å². The molecule has 0 unspecified atom stereocenters. The maximum Gasteiger partial charge on any atom is 0.407 e. The second kappa shape index (κ2) is 20.8. The summed E-state index contributed by atoms with van der Waals surface area (Å²) >= 11 is 0. The van der Waals surface area contributed by atoms with Crippen molar-refractivity contribution in [3.63, 3.8) is 0 Å². The zero-order chi connectivity index (χ0) is 42.5. The van der Waals surface area contributed by atoms with Gasteiger partial charge in [-0.15, -0.1) is 0 Å². The first-order chi connectivity index (χ1) is 28.4. The van der Waals surface area contributed by atoms with Crippen LogP contribution in [0.5, 0.6) is 34.5 Å². The number of ether oxygens (including phenoxy) is 7. The molecular formula is C45H59N5O9. The number of pyridine rings is 2. The summed E-state index contributed by atoms with van der Waals surface area (Å²) in [6.07, 6.45) is 8.24. The average Bonchev–Trinajstić information content (AvgIpc) is 3.24. The standard InChI is InChI=1S/C45H59N5O9/c1-45(2,3)59-44(52)48-16-11-10-12-41(51)50(29-31-20-34(27-46-26-31)32-22-37(53-4)42(57-8)38(23-32)54-5)35-14-18-49(19-15-35)28-30-13-17-47-36(21-30)33-24-39(55-6)43(58-9)40(25-33)56-7/h13,17,20-27,35H,10-12,14-16,18-19,28-29H2,1-9H3,(H,48,52). The number of carbonyl (C=O) groups is 2. The molecule has 2 amide bonds. The SMILES string of the molecule is COc1cc(-c2cncc(CN(C(=O)CCCCNC(=O)OC(C)(C)C)C3CCN(Cc4ccnc(-c5cc(OC)c(OC)c(OC)c5)c4)CC3)c2)cc(OC)c1OC. The molecule has 2 aromatic heterocycles. The maximum absolute atomic E-state index is 14.1. The molecule has 5 rings (SSSR count). The fourth-order valence-corrected chi connectivity index (χ4v) is 7.25. The van der Waals surface area contributed by atoms with Crippen LogP contribution in [0, 0.1) is 0 Å². The van der Waals surface area contributed by atoms with Crippen molar-refractivity contribution in [1.82, 2.24) is 25.1 Å². The summed E-state index contributed by atoms with van der Waals surface area (Å²) in [7, 11) is 9.53. The Morgan fingerprint density at radius 1 is 0.746 bits per heavy atom. The van der Waals surface area contributed by atoms with Gasteiger partial charge in [0.2, 0.25) is 17.4 Å². The summed E-state index contributed by atoms with van der Waals surface area (Å²) in [6.45, 7) is 8.70. The molecule has 14 heteroatoms. The van der Waals surface area contributed by atoms with Crippen LogP contribution in [0.1, 0.15) is 64.0 Å². The Hall–Kier alpha value is -5.76. The van der Waals surface area contributed by atoms with Crippen molar-refractivity contribution in [2.45, 2.75) is 77.6 Å². The lowest BCUT2D eigenvalue weighted by molar-refractivity contribution is -0.135. The second-order valence-corrected chi connectivity index (χ2v) is 15.4. The molecule has 2 aromatic carbocycles. The largest absolute Gasteiger partial charge is 0.493 e. The number of unbranched alkanes of at least 4 members (excludes halogenated alkanes) is 1. The normalized spacial score (nSPS) is 13.3. The van der Waals surface area contributed by atoms with Crippen LogP contribution in [0.15, 0.2) is 61.1 Å². The smallest absolute Gasteiger partial charge is 0.407 e. The van der Waals surface area contributed by atoms with Crippen LogP contribution >= 0.6 is 0 Å². The molecule has 59 heavy (non-hydrogen) atoms. The summed E-state index contributed by atoms with van der Waals surface area (Å²) in [5.41, 5.74) is 4.84. The summed E-state index contributed by atoms with van der Waals surface area (Å²) in [4.78, 5) is 39.9. The Morgan fingerprint density at radius 3 is 1.90 bits per heavy atom. The van der Waals surface area contributed by atoms with E-state index >= 15 is 0 Å². The molecule has 0 saturated carbocycles. The fourth-order valence-electron chi connectivity index (χ4n) is 7.25. The van der Waals surface area contributed by atoms with E-state index in [9.17, 15) is 9.59 Å². The predicted molar refractivity (Wildman–Crippen MR) is 226 cm³/mol. The molecule has 1 N–H and O–H groups in total. The van der Waals surface area contributed by atoms with Gasteiger partial charge in [-0.1, -0.05) is 0 Å². The van der Waals surface area contributed by atoms with E-state index in [0.29, 0.717) is 66.8 Å². The van der Waals surface area contributed by atoms with E-state index in [1.54, 1.807) is 48.9 Å². The number of aromatic nitrogens is 2. The van der Waals surface area contributed by atoms with Crippen LogP contribution < -0.4 is 33.7 Å². The minimum atomic E-state index is -0.574. The van der Waals surface area contributed by atoms with Crippen molar-refractivity contribution in [3.8, 4) is 56.9 Å². The van der Waals surface area contributed by atoms with E-state index in [-0.39, 0.29) is 11.9 Å². The molecule has 1 saturated heterocycles. The minimum Gasteiger partial charge on any atom is -0.493 e. The van der Waals surface area contributed by atoms with Crippen molar-refractivity contribution in [2.24, 2.45) is 0 Å². The maximum atomic E-state index is 14.1. The number of nitrogens with one attached hydrogen (secondary N) is 1. The lowest BCUT2D eigenvalue weighted by Crippen LogP contribution is -2.46. The predicted octanol–water partition coefficient (Wildman–Crippen LogP) is 7.55. The van der Waals surface area contributed by atoms with Crippen LogP contribution in [0.25, 0.3) is 22.4 Å². The van der Waals surface area contributed by atoms with Crippen LogP contribution in [0.2, 0.25) is 0 Å². The molecule has 0 aliphatic carbocycles. The van der Waals surface area contributed by atoms with Gasteiger partial charge >= 0.3 is 6.09 Å². The lowest BCUT2D eigenvalue weighted by atomic mass is 9.99. The molecule has 0 spiro atoms. The van der Waals surface area contributed by atoms with Crippen molar-refractivity contribution >= 4 is 12.0 Å². The number of carbonyl (C=O) groups excluding carboxylic acids is 2. The number of piperidine rings is 1. The fraction of sp³-hybridized carbons (Fsp3) is 0.467. The molecule has 1 fully saturated rings. The summed E-state index contributed by atoms with van der Waals surface area (Å²) in [5.74, 6) is 3.33. The van der Waals surface area contributed by atoms with Crippen LogP contribution in [-0.4, -0.2) is 106 Å². The number of likely N-dealkylation sites (tertiary alicyclic amines) is 1. The van der Waals surface area contributed by atoms with Crippen molar-refractivity contribution in [1.29, 1.82) is 0 Å². The van der Waals surface area contributed by atoms with Gasteiger partial charge in [0, 0.05) is 74.9 Å². The van der Waals surface area contributed by atoms with Gasteiger partial charge in [0.15, 0.2) is 23.0 Å². The highest BCUT2D eigenvalue weighted by atomic mass is 16.6. The third kappa shape index (κ3) is 11.9. The van der Waals surface area contributed by atoms with Crippen molar-refractivity contribution < 1.29 is 42.7 Å². The van der Waals surface area contributed by atoms with Crippen molar-refractivity contribution in [2.75, 3.05) is 62.3 Å². The zero-order valence-corrected chi connectivity index (χ0v) is 35.9. The first-order valence-corrected chi connectivity index (χ1v) is 19.9. The monoisotopic (exact) mass is 813 g/mol. The molecule has 14 nitrogen and oxygen atoms in total. The van der Waals surface area contributed by atoms with Crippen molar-refractivity contribution in [3.05, 3.63) is 72.2 Å². The summed E-state index contributed by atoms with van der Waals surface area (Å²) < 4.78 is 38.8. The number of nitrogens with zero attached hydrogens (tertiary/aromatic N) is 4. The highest BCUT2D eigenvalue weighted by molar-refractivity contribution is 5.77. The Bertz CT molecular complexity index is 1980. The molecule has 1 aliphatic heterocycles. The molecule has 1 aliphatic rings. The van der Waals surface area contributed by atoms with Gasteiger partial charge in [-0.3, -0.25) is 19.7 Å². The Balaban J connectivity index is 1.29. The average molecular weight is 814 g/mol. The molecule has 0 bridgehead atoms. The number of rotatable bonds is 18. The number of methoxy groups -OCH3 is 6. The van der Waals surface area contributed by atoms with E-state index in [1.807, 2.05) is 68.4 Å². The first-order valence-electron chi connectivity index (χ1n) is 19.9. The van der Waals surface area contributed by atoms with Gasteiger partial charge in [0.25, 0.3) is 0 Å². The second-order valence-electron chi connectivity index (χ2n) is 15.4. The van der Waals surface area contributed by atoms with E-state index in [0.717, 1.165) is 66.0 Å². The van der Waals surface area contributed by atoms with E-state index in [1.165, 1.54) is 0 Å². The number of hydrogen-bond donors (Lipinski definition) is 1. The van der Waals surface area contributed by atoms with Crippen LogP contribution in [0.3, 0.4) is 0 Å². The van der Waals surface area contributed by atoms with Gasteiger partial charge < -0.3 is 43.4 Å². The van der Waals surface area contributed by atoms with Gasteiger partial charge in [0.1, 0.15) is 5.60 Å². The number of benzene rings is 2. The molecular weight excluding hydrogens is 755 g/mol. The zero-order valence-electron chi connectivity index (χ0n) is 35.9. The van der Waals surface area contributed by atoms with Gasteiger partial charge in [-0.25, -0.2) is 4.79 Å². The van der Waals surface area contributed by atoms with E-state index in [2.05, 4.69) is 32.3 Å². The van der Waals surface area contributed by atoms with Gasteiger partial charge in [-0.2, -0.15) is 0 Å². The third-order valence-corrected chi connectivity index (χ3v) is 10.1. The summed E-state index contributed by atoms with van der Waals surface area (Å²) in [6, 6.07) is 13.8. The molecule has 3 heterocycles. The Morgan fingerprint density at radius 2 is 1.34 bits per heavy atom. The van der Waals surface area contributed by atoms with E-state index < -0.39 is 11.7 Å². The topological polar surface area (TPSA) is 143 Å².